The Hall–Kier alpha value is -3.09. The minimum absolute atomic E-state index is 0.0421. The zero-order valence-corrected chi connectivity index (χ0v) is 19.2. The summed E-state index contributed by atoms with van der Waals surface area (Å²) in [5, 5.41) is 16.7. The molecule has 0 spiro atoms. The van der Waals surface area contributed by atoms with E-state index in [2.05, 4.69) is 10.6 Å². The summed E-state index contributed by atoms with van der Waals surface area (Å²) < 4.78 is 24.9. The highest BCUT2D eigenvalue weighted by molar-refractivity contribution is 7.88. The predicted octanol–water partition coefficient (Wildman–Crippen LogP) is 2.11. The third-order valence-corrected chi connectivity index (χ3v) is 6.60. The van der Waals surface area contributed by atoms with Crippen LogP contribution in [0.25, 0.3) is 0 Å². The quantitative estimate of drug-likeness (QED) is 0.381. The number of para-hydroxylation sites is 2. The van der Waals surface area contributed by atoms with Crippen molar-refractivity contribution in [2.24, 2.45) is 0 Å². The highest BCUT2D eigenvalue weighted by atomic mass is 32.2. The topological polar surface area (TPSA) is 125 Å². The number of carbonyl (C=O) groups is 1. The van der Waals surface area contributed by atoms with Gasteiger partial charge in [-0.05, 0) is 37.3 Å². The number of piperazine rings is 1. The maximum atomic E-state index is 12.5. The average molecular weight is 478 g/mol. The smallest absolute Gasteiger partial charge is 0.273 e. The number of rotatable bonds is 5. The van der Waals surface area contributed by atoms with Gasteiger partial charge < -0.3 is 10.2 Å². The van der Waals surface area contributed by atoms with Gasteiger partial charge in [0.1, 0.15) is 0 Å². The molecule has 12 heteroatoms. The fourth-order valence-corrected chi connectivity index (χ4v) is 4.42. The molecule has 32 heavy (non-hydrogen) atoms. The molecule has 0 aromatic heterocycles. The van der Waals surface area contributed by atoms with E-state index in [0.717, 1.165) is 5.69 Å². The minimum atomic E-state index is -3.23. The largest absolute Gasteiger partial charge is 0.367 e. The summed E-state index contributed by atoms with van der Waals surface area (Å²) in [6, 6.07) is 11.6. The monoisotopic (exact) mass is 477 g/mol. The maximum Gasteiger partial charge on any atom is 0.273 e. The molecular formula is C20H23N5O5S2. The first-order valence-electron chi connectivity index (χ1n) is 9.73. The number of hydrogen-bond acceptors (Lipinski definition) is 7. The molecule has 1 saturated heterocycles. The fourth-order valence-electron chi connectivity index (χ4n) is 3.39. The van der Waals surface area contributed by atoms with E-state index >= 15 is 0 Å². The van der Waals surface area contributed by atoms with E-state index in [9.17, 15) is 23.3 Å². The van der Waals surface area contributed by atoms with Crippen LogP contribution in [0.1, 0.15) is 15.9 Å². The number of carbonyl (C=O) groups excluding carboxylic acids is 1. The lowest BCUT2D eigenvalue weighted by Gasteiger charge is -2.35. The SMILES string of the molecule is Cc1ccc(C(=O)NC(=S)Nc2ccccc2N2CCN(S(C)(=O)=O)CC2)cc1[N+](=O)[O-]. The summed E-state index contributed by atoms with van der Waals surface area (Å²) in [4.78, 5) is 25.1. The third kappa shape index (κ3) is 5.58. The predicted molar refractivity (Wildman–Crippen MR) is 127 cm³/mol. The first kappa shape index (κ1) is 23.6. The number of anilines is 2. The molecule has 0 saturated carbocycles. The molecule has 2 aromatic carbocycles. The highest BCUT2D eigenvalue weighted by Crippen LogP contribution is 2.27. The molecule has 1 amide bonds. The fraction of sp³-hybridized carbons (Fsp3) is 0.300. The van der Waals surface area contributed by atoms with Crippen LogP contribution in [0.5, 0.6) is 0 Å². The molecule has 0 bridgehead atoms. The van der Waals surface area contributed by atoms with Crippen molar-refractivity contribution in [2.45, 2.75) is 6.92 Å². The van der Waals surface area contributed by atoms with Gasteiger partial charge in [0.05, 0.1) is 22.6 Å². The molecule has 1 fully saturated rings. The van der Waals surface area contributed by atoms with Gasteiger partial charge in [0.15, 0.2) is 5.11 Å². The van der Waals surface area contributed by atoms with Gasteiger partial charge in [-0.1, -0.05) is 18.2 Å². The molecular weight excluding hydrogens is 454 g/mol. The van der Waals surface area contributed by atoms with Crippen molar-refractivity contribution in [1.82, 2.24) is 9.62 Å². The van der Waals surface area contributed by atoms with E-state index in [1.807, 2.05) is 23.1 Å². The zero-order chi connectivity index (χ0) is 23.5. The van der Waals surface area contributed by atoms with Gasteiger partial charge in [-0.15, -0.1) is 0 Å². The van der Waals surface area contributed by atoms with E-state index in [1.165, 1.54) is 28.8 Å². The average Bonchev–Trinajstić information content (AvgIpc) is 2.73. The molecule has 0 aliphatic carbocycles. The van der Waals surface area contributed by atoms with Crippen molar-refractivity contribution in [1.29, 1.82) is 0 Å². The molecule has 1 aliphatic rings. The number of thiocarbonyl (C=S) groups is 1. The van der Waals surface area contributed by atoms with Crippen LogP contribution in [0.3, 0.4) is 0 Å². The Bertz CT molecular complexity index is 1160. The Morgan fingerprint density at radius 1 is 1.12 bits per heavy atom. The van der Waals surface area contributed by atoms with Crippen molar-refractivity contribution >= 4 is 50.3 Å². The van der Waals surface area contributed by atoms with Crippen molar-refractivity contribution in [3.8, 4) is 0 Å². The summed E-state index contributed by atoms with van der Waals surface area (Å²) >= 11 is 5.27. The second-order valence-electron chi connectivity index (χ2n) is 7.33. The maximum absolute atomic E-state index is 12.5. The number of amides is 1. The number of nitrogens with one attached hydrogen (secondary N) is 2. The van der Waals surface area contributed by atoms with Crippen LogP contribution >= 0.6 is 12.2 Å². The Kier molecular flexibility index (Phi) is 7.06. The lowest BCUT2D eigenvalue weighted by molar-refractivity contribution is -0.385. The number of hydrogen-bond donors (Lipinski definition) is 2. The summed E-state index contributed by atoms with van der Waals surface area (Å²) in [6.07, 6.45) is 1.20. The van der Waals surface area contributed by atoms with Crippen molar-refractivity contribution in [3.05, 3.63) is 63.7 Å². The highest BCUT2D eigenvalue weighted by Gasteiger charge is 2.25. The summed E-state index contributed by atoms with van der Waals surface area (Å²) in [5.74, 6) is -0.565. The van der Waals surface area contributed by atoms with Crippen LogP contribution in [-0.2, 0) is 10.0 Å². The Balaban J connectivity index is 1.68. The second-order valence-corrected chi connectivity index (χ2v) is 9.72. The Morgan fingerprint density at radius 2 is 1.78 bits per heavy atom. The third-order valence-electron chi connectivity index (χ3n) is 5.10. The molecule has 170 valence electrons. The van der Waals surface area contributed by atoms with Crippen LogP contribution in [0.15, 0.2) is 42.5 Å². The molecule has 10 nitrogen and oxygen atoms in total. The lowest BCUT2D eigenvalue weighted by atomic mass is 10.1. The normalized spacial score (nSPS) is 14.6. The molecule has 1 aliphatic heterocycles. The molecule has 1 heterocycles. The summed E-state index contributed by atoms with van der Waals surface area (Å²) in [6.45, 7) is 3.37. The first-order chi connectivity index (χ1) is 15.1. The Labute approximate surface area is 191 Å². The number of sulfonamides is 1. The van der Waals surface area contributed by atoms with Crippen molar-refractivity contribution in [2.75, 3.05) is 42.7 Å². The number of nitro groups is 1. The molecule has 0 atom stereocenters. The minimum Gasteiger partial charge on any atom is -0.367 e. The van der Waals surface area contributed by atoms with E-state index in [0.29, 0.717) is 37.4 Å². The Morgan fingerprint density at radius 3 is 2.41 bits per heavy atom. The van der Waals surface area contributed by atoms with Crippen molar-refractivity contribution in [3.63, 3.8) is 0 Å². The van der Waals surface area contributed by atoms with Crippen LogP contribution in [-0.4, -0.2) is 61.1 Å². The van der Waals surface area contributed by atoms with Gasteiger partial charge >= 0.3 is 0 Å². The summed E-state index contributed by atoms with van der Waals surface area (Å²) in [5.41, 5.74) is 1.91. The van der Waals surface area contributed by atoms with Gasteiger partial charge in [-0.25, -0.2) is 8.42 Å². The zero-order valence-electron chi connectivity index (χ0n) is 17.6. The van der Waals surface area contributed by atoms with E-state index in [-0.39, 0.29) is 16.4 Å². The van der Waals surface area contributed by atoms with Crippen LogP contribution in [0, 0.1) is 17.0 Å². The van der Waals surface area contributed by atoms with Crippen molar-refractivity contribution < 1.29 is 18.1 Å². The molecule has 3 rings (SSSR count). The van der Waals surface area contributed by atoms with Crippen LogP contribution < -0.4 is 15.5 Å². The standard InChI is InChI=1S/C20H23N5O5S2/c1-14-7-8-15(13-18(14)25(27)28)19(26)22-20(31)21-16-5-3-4-6-17(16)23-9-11-24(12-10-23)32(2,29)30/h3-8,13H,9-12H2,1-2H3,(H2,21,22,26,31). The van der Waals surface area contributed by atoms with Crippen LogP contribution in [0.2, 0.25) is 0 Å². The second kappa shape index (κ2) is 9.59. The van der Waals surface area contributed by atoms with Gasteiger partial charge in [0.25, 0.3) is 11.6 Å². The molecule has 0 unspecified atom stereocenters. The van der Waals surface area contributed by atoms with Crippen LogP contribution in [0.4, 0.5) is 17.1 Å². The van der Waals surface area contributed by atoms with Gasteiger partial charge in [0.2, 0.25) is 10.0 Å². The summed E-state index contributed by atoms with van der Waals surface area (Å²) in [7, 11) is -3.23. The molecule has 2 aromatic rings. The van der Waals surface area contributed by atoms with E-state index < -0.39 is 20.9 Å². The van der Waals surface area contributed by atoms with Gasteiger partial charge in [0, 0.05) is 43.4 Å². The number of nitrogens with zero attached hydrogens (tertiary/aromatic N) is 3. The molecule has 0 radical (unpaired) electrons. The van der Waals surface area contributed by atoms with E-state index in [1.54, 1.807) is 13.0 Å². The first-order valence-corrected chi connectivity index (χ1v) is 12.0. The van der Waals surface area contributed by atoms with Gasteiger partial charge in [-0.2, -0.15) is 4.31 Å². The number of nitro benzene ring substituents is 1. The van der Waals surface area contributed by atoms with Gasteiger partial charge in [-0.3, -0.25) is 20.2 Å². The molecule has 2 N–H and O–H groups in total. The number of aryl methyl sites for hydroxylation is 1. The lowest BCUT2D eigenvalue weighted by Crippen LogP contribution is -2.48. The van der Waals surface area contributed by atoms with E-state index in [4.69, 9.17) is 12.2 Å². The number of benzene rings is 2.